The van der Waals surface area contributed by atoms with Gasteiger partial charge < -0.3 is 20.0 Å². The molecule has 0 aliphatic heterocycles. The van der Waals surface area contributed by atoms with E-state index in [1.165, 1.54) is 11.5 Å². The van der Waals surface area contributed by atoms with E-state index in [0.29, 0.717) is 10.7 Å². The lowest BCUT2D eigenvalue weighted by Crippen LogP contribution is -2.45. The summed E-state index contributed by atoms with van der Waals surface area (Å²) in [5.41, 5.74) is -0.847. The zero-order valence-electron chi connectivity index (χ0n) is 17.0. The Morgan fingerprint density at radius 2 is 1.97 bits per heavy atom. The Hall–Kier alpha value is -2.36. The first-order valence-electron chi connectivity index (χ1n) is 9.97. The molecule has 0 bridgehead atoms. The van der Waals surface area contributed by atoms with Crippen molar-refractivity contribution in [2.75, 3.05) is 11.5 Å². The fourth-order valence-electron chi connectivity index (χ4n) is 3.68. The van der Waals surface area contributed by atoms with E-state index in [-0.39, 0.29) is 24.5 Å². The molecule has 9 nitrogen and oxygen atoms in total. The zero-order chi connectivity index (χ0) is 22.6. The third-order valence-corrected chi connectivity index (χ3v) is 5.71. The van der Waals surface area contributed by atoms with Gasteiger partial charge in [0.25, 0.3) is 0 Å². The van der Waals surface area contributed by atoms with Crippen molar-refractivity contribution < 1.29 is 19.6 Å². The van der Waals surface area contributed by atoms with E-state index in [4.69, 9.17) is 27.9 Å². The summed E-state index contributed by atoms with van der Waals surface area (Å²) < 4.78 is 6.71. The minimum Gasteiger partial charge on any atom is -0.446 e. The van der Waals surface area contributed by atoms with Crippen LogP contribution in [-0.4, -0.2) is 43.9 Å². The molecule has 0 spiro atoms. The molecule has 1 fully saturated rings. The first-order valence-corrected chi connectivity index (χ1v) is 10.7. The van der Waals surface area contributed by atoms with Gasteiger partial charge in [-0.25, -0.2) is 4.79 Å². The second-order valence-electron chi connectivity index (χ2n) is 7.94. The number of halogens is 2. The summed E-state index contributed by atoms with van der Waals surface area (Å²) >= 11 is 11.9. The van der Waals surface area contributed by atoms with Gasteiger partial charge in [0.2, 0.25) is 0 Å². The van der Waals surface area contributed by atoms with Crippen LogP contribution in [-0.2, 0) is 11.3 Å². The summed E-state index contributed by atoms with van der Waals surface area (Å²) in [6.07, 6.45) is 5.46. The first-order chi connectivity index (χ1) is 14.7. The van der Waals surface area contributed by atoms with Gasteiger partial charge >= 0.3 is 17.2 Å². The Kier molecular flexibility index (Phi) is 7.40. The summed E-state index contributed by atoms with van der Waals surface area (Å²) in [6.45, 7) is 0.991. The van der Waals surface area contributed by atoms with Gasteiger partial charge in [-0.3, -0.25) is 9.47 Å². The third kappa shape index (κ3) is 6.09. The zero-order valence-corrected chi connectivity index (χ0v) is 18.6. The maximum absolute atomic E-state index is 13.0. The quantitative estimate of drug-likeness (QED) is 0.458. The molecule has 1 N–H and O–H groups in total. The molecule has 0 saturated heterocycles. The van der Waals surface area contributed by atoms with Gasteiger partial charge in [-0.1, -0.05) is 30.9 Å². The van der Waals surface area contributed by atoms with Crippen molar-refractivity contribution in [3.8, 4) is 0 Å². The van der Waals surface area contributed by atoms with Crippen molar-refractivity contribution in [3.63, 3.8) is 0 Å². The number of hydrogen-bond donors (Lipinski definition) is 1. The number of amides is 1. The summed E-state index contributed by atoms with van der Waals surface area (Å²) in [6, 6.07) is 6.95. The second kappa shape index (κ2) is 9.84. The topological polar surface area (TPSA) is 111 Å². The third-order valence-electron chi connectivity index (χ3n) is 5.16. The molecule has 0 radical (unpaired) electrons. The summed E-state index contributed by atoms with van der Waals surface area (Å²) in [5, 5.41) is 22.0. The molecule has 1 atom stereocenters. The van der Waals surface area contributed by atoms with E-state index < -0.39 is 22.4 Å². The smallest absolute Gasteiger partial charge is 0.414 e. The highest BCUT2D eigenvalue weighted by Gasteiger charge is 2.32. The van der Waals surface area contributed by atoms with Gasteiger partial charge in [0.1, 0.15) is 18.4 Å². The Balaban J connectivity index is 1.70. The fourth-order valence-corrected chi connectivity index (χ4v) is 4.01. The van der Waals surface area contributed by atoms with Crippen molar-refractivity contribution in [2.45, 2.75) is 57.2 Å². The van der Waals surface area contributed by atoms with Crippen molar-refractivity contribution in [2.24, 2.45) is 0 Å². The van der Waals surface area contributed by atoms with Crippen LogP contribution >= 0.6 is 23.2 Å². The number of carbonyl (C=O) groups is 1. The molecule has 1 heterocycles. The van der Waals surface area contributed by atoms with Crippen LogP contribution in [0.15, 0.2) is 30.5 Å². The summed E-state index contributed by atoms with van der Waals surface area (Å²) in [5.74, 6) is -0.427. The Bertz CT molecular complexity index is 926. The molecule has 11 heteroatoms. The van der Waals surface area contributed by atoms with Crippen LogP contribution in [0.25, 0.3) is 0 Å². The number of ether oxygens (including phenoxy) is 1. The number of hydrogen-bond acceptors (Lipinski definition) is 6. The molecule has 1 aromatic carbocycles. The minimum absolute atomic E-state index is 0.00174. The first kappa shape index (κ1) is 23.3. The Labute approximate surface area is 189 Å². The van der Waals surface area contributed by atoms with E-state index in [1.807, 2.05) is 0 Å². The molecule has 168 valence electrons. The highest BCUT2D eigenvalue weighted by Crippen LogP contribution is 2.29. The van der Waals surface area contributed by atoms with Crippen molar-refractivity contribution in [3.05, 3.63) is 50.9 Å². The predicted molar refractivity (Wildman–Crippen MR) is 117 cm³/mol. The van der Waals surface area contributed by atoms with Crippen molar-refractivity contribution in [1.29, 1.82) is 0 Å². The molecule has 1 aliphatic rings. The number of aromatic nitrogens is 2. The van der Waals surface area contributed by atoms with E-state index in [2.05, 4.69) is 4.98 Å². The number of nitro groups is 1. The number of aliphatic hydroxyl groups is 1. The minimum atomic E-state index is -1.52. The monoisotopic (exact) mass is 470 g/mol. The molecule has 2 aromatic rings. The van der Waals surface area contributed by atoms with E-state index in [0.717, 1.165) is 38.3 Å². The highest BCUT2D eigenvalue weighted by molar-refractivity contribution is 6.30. The van der Waals surface area contributed by atoms with Gasteiger partial charge in [0.15, 0.2) is 0 Å². The van der Waals surface area contributed by atoms with Crippen LogP contribution in [0, 0.1) is 10.1 Å². The number of imidazole rings is 1. The number of rotatable bonds is 7. The van der Waals surface area contributed by atoms with Crippen LogP contribution in [0.4, 0.5) is 16.3 Å². The summed E-state index contributed by atoms with van der Waals surface area (Å²) in [4.78, 5) is 28.4. The van der Waals surface area contributed by atoms with Gasteiger partial charge in [0.05, 0.1) is 6.54 Å². The van der Waals surface area contributed by atoms with Crippen molar-refractivity contribution >= 4 is 40.8 Å². The lowest BCUT2D eigenvalue weighted by Gasteiger charge is -2.34. The number of carbonyl (C=O) groups excluding carboxylic acids is 1. The van der Waals surface area contributed by atoms with Crippen molar-refractivity contribution in [1.82, 2.24) is 9.55 Å². The number of benzene rings is 1. The van der Waals surface area contributed by atoms with E-state index >= 15 is 0 Å². The number of anilines is 1. The van der Waals surface area contributed by atoms with Gasteiger partial charge in [-0.05, 0) is 65.5 Å². The highest BCUT2D eigenvalue weighted by atomic mass is 35.5. The predicted octanol–water partition coefficient (Wildman–Crippen LogP) is 4.83. The number of nitrogens with zero attached hydrogens (tertiary/aromatic N) is 4. The second-order valence-corrected chi connectivity index (χ2v) is 8.72. The Morgan fingerprint density at radius 1 is 1.32 bits per heavy atom. The van der Waals surface area contributed by atoms with Gasteiger partial charge in [0, 0.05) is 16.8 Å². The van der Waals surface area contributed by atoms with Crippen LogP contribution in [0.3, 0.4) is 0 Å². The normalized spacial score (nSPS) is 16.5. The van der Waals surface area contributed by atoms with Crippen LogP contribution < -0.4 is 4.90 Å². The largest absolute Gasteiger partial charge is 0.446 e. The average Bonchev–Trinajstić information content (AvgIpc) is 3.09. The Morgan fingerprint density at radius 3 is 2.55 bits per heavy atom. The molecule has 31 heavy (non-hydrogen) atoms. The van der Waals surface area contributed by atoms with Crippen LogP contribution in [0.2, 0.25) is 10.3 Å². The molecule has 1 aromatic heterocycles. The fraction of sp³-hybridized carbons (Fsp3) is 0.500. The maximum Gasteiger partial charge on any atom is 0.414 e. The van der Waals surface area contributed by atoms with Gasteiger partial charge in [-0.15, -0.1) is 0 Å². The SMILES string of the molecule is CC(O)(COC(=O)N(c1ccc(Cl)cc1)C1CCCCC1)Cn1cc([N+](=O)[O-])nc1Cl. The lowest BCUT2D eigenvalue weighted by molar-refractivity contribution is -0.389. The molecule has 3 rings (SSSR count). The van der Waals surface area contributed by atoms with Crippen LogP contribution in [0.1, 0.15) is 39.0 Å². The molecule has 1 aliphatic carbocycles. The van der Waals surface area contributed by atoms with E-state index in [1.54, 1.807) is 29.2 Å². The lowest BCUT2D eigenvalue weighted by atomic mass is 9.94. The molecule has 1 amide bonds. The molecule has 1 saturated carbocycles. The molecule has 1 unspecified atom stereocenters. The van der Waals surface area contributed by atoms with E-state index in [9.17, 15) is 20.0 Å². The summed E-state index contributed by atoms with van der Waals surface area (Å²) in [7, 11) is 0. The average molecular weight is 471 g/mol. The molecular weight excluding hydrogens is 447 g/mol. The maximum atomic E-state index is 13.0. The van der Waals surface area contributed by atoms with Gasteiger partial charge in [-0.2, -0.15) is 0 Å². The molecular formula is C20H24Cl2N4O5. The standard InChI is InChI=1S/C20H24Cl2N4O5/c1-20(28,12-24-11-17(26(29)30)23-18(24)22)13-31-19(27)25(15-5-3-2-4-6-15)16-9-7-14(21)8-10-16/h7-11,15,28H,2-6,12-13H2,1H3. The van der Waals surface area contributed by atoms with Crippen LogP contribution in [0.5, 0.6) is 0 Å².